The highest BCUT2D eigenvalue weighted by Gasteiger charge is 2.20. The fourth-order valence-electron chi connectivity index (χ4n) is 2.68. The van der Waals surface area contributed by atoms with Crippen LogP contribution in [0.15, 0.2) is 28.2 Å². The zero-order valence-corrected chi connectivity index (χ0v) is 14.4. The van der Waals surface area contributed by atoms with Crippen molar-refractivity contribution in [1.29, 1.82) is 0 Å². The molecule has 132 valence electrons. The van der Waals surface area contributed by atoms with Crippen molar-refractivity contribution >= 4 is 23.4 Å². The molecule has 1 atom stereocenters. The number of aromatic nitrogens is 2. The number of halogens is 2. The molecule has 2 N–H and O–H groups in total. The number of carbonyl (C=O) groups is 1. The lowest BCUT2D eigenvalue weighted by Crippen LogP contribution is -2.25. The minimum absolute atomic E-state index is 0.170. The highest BCUT2D eigenvalue weighted by atomic mass is 32.2. The summed E-state index contributed by atoms with van der Waals surface area (Å²) in [6.45, 7) is 1.61. The van der Waals surface area contributed by atoms with Crippen molar-refractivity contribution in [3.8, 4) is 0 Å². The summed E-state index contributed by atoms with van der Waals surface area (Å²) in [5, 5.41) is 2.06. The summed E-state index contributed by atoms with van der Waals surface area (Å²) in [5.74, 6) is -1.86. The van der Waals surface area contributed by atoms with Gasteiger partial charge < -0.3 is 10.3 Å². The molecule has 1 amide bonds. The van der Waals surface area contributed by atoms with E-state index in [4.69, 9.17) is 0 Å². The average molecular weight is 365 g/mol. The number of nitrogens with zero attached hydrogens (tertiary/aromatic N) is 1. The number of hydrogen-bond donors (Lipinski definition) is 2. The molecule has 1 aromatic heterocycles. The van der Waals surface area contributed by atoms with Crippen molar-refractivity contribution in [2.75, 3.05) is 5.32 Å². The Morgan fingerprint density at radius 2 is 2.08 bits per heavy atom. The van der Waals surface area contributed by atoms with Gasteiger partial charge in [0.05, 0.1) is 16.6 Å². The number of carbonyl (C=O) groups excluding carboxylic acids is 1. The number of hydrogen-bond acceptors (Lipinski definition) is 4. The van der Waals surface area contributed by atoms with E-state index in [1.807, 2.05) is 0 Å². The summed E-state index contributed by atoms with van der Waals surface area (Å²) >= 11 is 1.07. The third-order valence-electron chi connectivity index (χ3n) is 4.01. The normalized spacial score (nSPS) is 14.7. The van der Waals surface area contributed by atoms with Crippen molar-refractivity contribution in [3.63, 3.8) is 0 Å². The van der Waals surface area contributed by atoms with Gasteiger partial charge in [0.25, 0.3) is 5.56 Å². The third-order valence-corrected chi connectivity index (χ3v) is 5.00. The first-order valence-electron chi connectivity index (χ1n) is 7.98. The van der Waals surface area contributed by atoms with Crippen LogP contribution in [0.2, 0.25) is 0 Å². The van der Waals surface area contributed by atoms with E-state index in [0.29, 0.717) is 5.16 Å². The molecule has 25 heavy (non-hydrogen) atoms. The van der Waals surface area contributed by atoms with Crippen LogP contribution in [0, 0.1) is 11.6 Å². The summed E-state index contributed by atoms with van der Waals surface area (Å²) in [7, 11) is 0. The monoisotopic (exact) mass is 365 g/mol. The van der Waals surface area contributed by atoms with Gasteiger partial charge in [0.2, 0.25) is 5.91 Å². The van der Waals surface area contributed by atoms with Gasteiger partial charge in [-0.1, -0.05) is 11.8 Å². The molecule has 0 bridgehead atoms. The van der Waals surface area contributed by atoms with Crippen LogP contribution in [-0.4, -0.2) is 21.1 Å². The number of H-pyrrole nitrogens is 1. The van der Waals surface area contributed by atoms with Crippen LogP contribution >= 0.6 is 11.8 Å². The van der Waals surface area contributed by atoms with Gasteiger partial charge in [-0.05, 0) is 44.7 Å². The lowest BCUT2D eigenvalue weighted by atomic mass is 9.97. The highest BCUT2D eigenvalue weighted by Crippen LogP contribution is 2.24. The summed E-state index contributed by atoms with van der Waals surface area (Å²) in [6.07, 6.45) is 3.43. The predicted octanol–water partition coefficient (Wildman–Crippen LogP) is 3.05. The predicted molar refractivity (Wildman–Crippen MR) is 91.8 cm³/mol. The molecule has 0 fully saturated rings. The summed E-state index contributed by atoms with van der Waals surface area (Å²) < 4.78 is 26.8. The van der Waals surface area contributed by atoms with Gasteiger partial charge in [-0.2, -0.15) is 0 Å². The third kappa shape index (κ3) is 4.07. The average Bonchev–Trinajstić information content (AvgIpc) is 2.58. The van der Waals surface area contributed by atoms with Crippen LogP contribution in [0.5, 0.6) is 0 Å². The molecule has 1 heterocycles. The van der Waals surface area contributed by atoms with Gasteiger partial charge in [0.15, 0.2) is 5.16 Å². The Labute approximate surface area is 147 Å². The molecule has 0 aliphatic heterocycles. The van der Waals surface area contributed by atoms with E-state index in [-0.39, 0.29) is 11.2 Å². The number of thioether (sulfide) groups is 1. The minimum Gasteiger partial charge on any atom is -0.323 e. The molecule has 0 saturated carbocycles. The number of rotatable bonds is 4. The molecule has 1 aromatic carbocycles. The van der Waals surface area contributed by atoms with Gasteiger partial charge in [-0.3, -0.25) is 9.59 Å². The smallest absolute Gasteiger partial charge is 0.254 e. The minimum atomic E-state index is -0.715. The zero-order chi connectivity index (χ0) is 18.0. The van der Waals surface area contributed by atoms with Crippen LogP contribution in [0.3, 0.4) is 0 Å². The van der Waals surface area contributed by atoms with E-state index in [9.17, 15) is 18.4 Å². The Bertz CT molecular complexity index is 869. The molecule has 3 rings (SSSR count). The maximum absolute atomic E-state index is 13.6. The Kier molecular flexibility index (Phi) is 5.17. The first kappa shape index (κ1) is 17.6. The van der Waals surface area contributed by atoms with Crippen LogP contribution in [0.1, 0.15) is 31.0 Å². The topological polar surface area (TPSA) is 74.8 Å². The zero-order valence-electron chi connectivity index (χ0n) is 13.6. The quantitative estimate of drug-likeness (QED) is 0.645. The lowest BCUT2D eigenvalue weighted by molar-refractivity contribution is -0.115. The number of anilines is 1. The molecule has 8 heteroatoms. The van der Waals surface area contributed by atoms with Crippen LogP contribution in [0.4, 0.5) is 14.5 Å². The largest absolute Gasteiger partial charge is 0.323 e. The number of benzene rings is 1. The van der Waals surface area contributed by atoms with Gasteiger partial charge >= 0.3 is 0 Å². The summed E-state index contributed by atoms with van der Waals surface area (Å²) in [4.78, 5) is 31.4. The summed E-state index contributed by atoms with van der Waals surface area (Å²) in [5.41, 5.74) is 1.11. The molecule has 1 aliphatic carbocycles. The van der Waals surface area contributed by atoms with Gasteiger partial charge in [-0.25, -0.2) is 13.8 Å². The maximum atomic E-state index is 13.6. The van der Waals surface area contributed by atoms with Crippen molar-refractivity contribution in [1.82, 2.24) is 9.97 Å². The van der Waals surface area contributed by atoms with E-state index < -0.39 is 22.8 Å². The standard InChI is InChI=1S/C17H17F2N3O2S/c1-9(15(23)20-14-8-10(18)6-7-12(14)19)25-17-21-13-5-3-2-4-11(13)16(24)22-17/h6-9H,2-5H2,1H3,(H,20,23)(H,21,22,24). The van der Waals surface area contributed by atoms with E-state index in [1.165, 1.54) is 0 Å². The molecule has 2 aromatic rings. The molecule has 0 saturated heterocycles. The molecule has 0 spiro atoms. The second-order valence-electron chi connectivity index (χ2n) is 5.88. The Morgan fingerprint density at radius 1 is 1.32 bits per heavy atom. The fourth-order valence-corrected chi connectivity index (χ4v) is 3.50. The molecule has 5 nitrogen and oxygen atoms in total. The fraction of sp³-hybridized carbons (Fsp3) is 0.353. The van der Waals surface area contributed by atoms with Gasteiger partial charge in [0.1, 0.15) is 11.6 Å². The number of amides is 1. The number of aryl methyl sites for hydroxylation is 1. The van der Waals surface area contributed by atoms with Crippen molar-refractivity contribution in [2.24, 2.45) is 0 Å². The Hall–Kier alpha value is -2.22. The van der Waals surface area contributed by atoms with Gasteiger partial charge in [-0.15, -0.1) is 0 Å². The Morgan fingerprint density at radius 3 is 2.88 bits per heavy atom. The van der Waals surface area contributed by atoms with E-state index in [2.05, 4.69) is 15.3 Å². The summed E-state index contributed by atoms with van der Waals surface area (Å²) in [6, 6.07) is 2.85. The number of nitrogens with one attached hydrogen (secondary N) is 2. The second kappa shape index (κ2) is 7.35. The van der Waals surface area contributed by atoms with Crippen molar-refractivity contribution in [2.45, 2.75) is 43.0 Å². The van der Waals surface area contributed by atoms with Crippen molar-refractivity contribution in [3.05, 3.63) is 51.4 Å². The first-order chi connectivity index (χ1) is 11.9. The second-order valence-corrected chi connectivity index (χ2v) is 7.21. The highest BCUT2D eigenvalue weighted by molar-refractivity contribution is 8.00. The van der Waals surface area contributed by atoms with E-state index in [0.717, 1.165) is 66.9 Å². The molecule has 1 aliphatic rings. The van der Waals surface area contributed by atoms with Crippen LogP contribution in [0.25, 0.3) is 0 Å². The van der Waals surface area contributed by atoms with Crippen LogP contribution in [-0.2, 0) is 17.6 Å². The van der Waals surface area contributed by atoms with E-state index >= 15 is 0 Å². The first-order valence-corrected chi connectivity index (χ1v) is 8.86. The molecule has 0 radical (unpaired) electrons. The van der Waals surface area contributed by atoms with Crippen molar-refractivity contribution < 1.29 is 13.6 Å². The lowest BCUT2D eigenvalue weighted by Gasteiger charge is -2.16. The Balaban J connectivity index is 1.72. The molecular weight excluding hydrogens is 348 g/mol. The van der Waals surface area contributed by atoms with E-state index in [1.54, 1.807) is 6.92 Å². The maximum Gasteiger partial charge on any atom is 0.254 e. The SMILES string of the molecule is CC(Sc1nc2c(c(=O)[nH]1)CCCC2)C(=O)Nc1cc(F)ccc1F. The van der Waals surface area contributed by atoms with Gasteiger partial charge in [0, 0.05) is 11.6 Å². The molecular formula is C17H17F2N3O2S. The number of fused-ring (bicyclic) bond motifs is 1. The number of aromatic amines is 1. The van der Waals surface area contributed by atoms with Crippen LogP contribution < -0.4 is 10.9 Å². The molecule has 1 unspecified atom stereocenters.